The molecule has 16 heavy (non-hydrogen) atoms. The largest absolute Gasteiger partial charge is 0.504 e. The van der Waals surface area contributed by atoms with Crippen molar-refractivity contribution in [3.05, 3.63) is 21.7 Å². The molecular formula is C9H7NO6. The first kappa shape index (κ1) is 10.2. The Balaban J connectivity index is 2.77. The maximum atomic E-state index is 11.2. The molecule has 0 aromatic heterocycles. The monoisotopic (exact) mass is 225 g/mol. The van der Waals surface area contributed by atoms with Crippen LogP contribution in [0.5, 0.6) is 17.2 Å². The average Bonchev–Trinajstić information content (AvgIpc) is 2.65. The van der Waals surface area contributed by atoms with E-state index in [4.69, 9.17) is 9.47 Å². The lowest BCUT2D eigenvalue weighted by Gasteiger charge is -2.04. The Kier molecular flexibility index (Phi) is 2.15. The number of hydrogen-bond donors (Lipinski definition) is 1. The van der Waals surface area contributed by atoms with E-state index in [-0.39, 0.29) is 29.6 Å². The third-order valence-corrected chi connectivity index (χ3v) is 2.16. The van der Waals surface area contributed by atoms with Crippen molar-refractivity contribution in [2.45, 2.75) is 6.92 Å². The summed E-state index contributed by atoms with van der Waals surface area (Å²) in [5.41, 5.74) is -0.676. The Bertz CT molecular complexity index is 495. The normalized spacial score (nSPS) is 12.6. The summed E-state index contributed by atoms with van der Waals surface area (Å²) in [7, 11) is 0. The fourth-order valence-corrected chi connectivity index (χ4v) is 1.49. The Hall–Kier alpha value is -2.31. The number of benzene rings is 1. The smallest absolute Gasteiger partial charge is 0.326 e. The number of ether oxygens (including phenoxy) is 2. The van der Waals surface area contributed by atoms with Crippen molar-refractivity contribution in [3.63, 3.8) is 0 Å². The van der Waals surface area contributed by atoms with Crippen molar-refractivity contribution in [1.29, 1.82) is 0 Å². The number of nitro groups is 1. The van der Waals surface area contributed by atoms with E-state index in [0.29, 0.717) is 0 Å². The minimum absolute atomic E-state index is 0.100. The van der Waals surface area contributed by atoms with Gasteiger partial charge in [0.1, 0.15) is 5.56 Å². The van der Waals surface area contributed by atoms with Gasteiger partial charge in [-0.2, -0.15) is 0 Å². The summed E-state index contributed by atoms with van der Waals surface area (Å²) < 4.78 is 9.75. The van der Waals surface area contributed by atoms with Crippen molar-refractivity contribution in [2.75, 3.05) is 6.79 Å². The van der Waals surface area contributed by atoms with Gasteiger partial charge in [-0.3, -0.25) is 14.9 Å². The highest BCUT2D eigenvalue weighted by Crippen LogP contribution is 2.48. The summed E-state index contributed by atoms with van der Waals surface area (Å²) in [6.07, 6.45) is 0. The summed E-state index contributed by atoms with van der Waals surface area (Å²) in [4.78, 5) is 21.3. The lowest BCUT2D eigenvalue weighted by molar-refractivity contribution is -0.385. The molecular weight excluding hydrogens is 218 g/mol. The molecule has 1 aromatic carbocycles. The predicted molar refractivity (Wildman–Crippen MR) is 50.9 cm³/mol. The topological polar surface area (TPSA) is 98.9 Å². The molecule has 1 heterocycles. The van der Waals surface area contributed by atoms with Crippen molar-refractivity contribution in [1.82, 2.24) is 0 Å². The van der Waals surface area contributed by atoms with Gasteiger partial charge in [-0.1, -0.05) is 0 Å². The number of carbonyl (C=O) groups excluding carboxylic acids is 1. The maximum Gasteiger partial charge on any atom is 0.326 e. The number of hydrogen-bond acceptors (Lipinski definition) is 6. The molecule has 7 heteroatoms. The summed E-state index contributed by atoms with van der Waals surface area (Å²) in [5.74, 6) is -1.17. The summed E-state index contributed by atoms with van der Waals surface area (Å²) >= 11 is 0. The highest BCUT2D eigenvalue weighted by atomic mass is 16.7. The van der Waals surface area contributed by atoms with Crippen LogP contribution in [0.3, 0.4) is 0 Å². The molecule has 2 rings (SSSR count). The zero-order chi connectivity index (χ0) is 11.9. The number of ketones is 1. The van der Waals surface area contributed by atoms with Crippen LogP contribution in [-0.4, -0.2) is 22.6 Å². The number of fused-ring (bicyclic) bond motifs is 1. The maximum absolute atomic E-state index is 11.2. The van der Waals surface area contributed by atoms with Gasteiger partial charge in [0.15, 0.2) is 11.5 Å². The Labute approximate surface area is 89.4 Å². The summed E-state index contributed by atoms with van der Waals surface area (Å²) in [5, 5.41) is 20.3. The van der Waals surface area contributed by atoms with E-state index in [2.05, 4.69) is 0 Å². The highest BCUT2D eigenvalue weighted by molar-refractivity contribution is 6.00. The Morgan fingerprint density at radius 3 is 2.69 bits per heavy atom. The molecule has 84 valence electrons. The predicted octanol–water partition coefficient (Wildman–Crippen LogP) is 1.23. The first-order chi connectivity index (χ1) is 7.52. The second-order valence-corrected chi connectivity index (χ2v) is 3.17. The molecule has 0 saturated heterocycles. The van der Waals surface area contributed by atoms with Gasteiger partial charge in [-0.05, 0) is 6.92 Å². The van der Waals surface area contributed by atoms with Crippen molar-refractivity contribution in [3.8, 4) is 17.2 Å². The summed E-state index contributed by atoms with van der Waals surface area (Å²) in [6.45, 7) is 0.953. The van der Waals surface area contributed by atoms with E-state index in [0.717, 1.165) is 6.07 Å². The van der Waals surface area contributed by atoms with Crippen LogP contribution in [0.25, 0.3) is 0 Å². The number of nitrogens with zero attached hydrogens (tertiary/aromatic N) is 1. The molecule has 1 aliphatic rings. The lowest BCUT2D eigenvalue weighted by Crippen LogP contribution is -2.01. The molecule has 1 aliphatic heterocycles. The fraction of sp³-hybridized carbons (Fsp3) is 0.222. The van der Waals surface area contributed by atoms with E-state index in [1.165, 1.54) is 6.92 Å². The number of phenolic OH excluding ortho intramolecular Hbond substituents is 1. The first-order valence-electron chi connectivity index (χ1n) is 4.33. The van der Waals surface area contributed by atoms with Crippen LogP contribution in [0, 0.1) is 10.1 Å². The van der Waals surface area contributed by atoms with Gasteiger partial charge >= 0.3 is 5.69 Å². The minimum atomic E-state index is -0.732. The number of carbonyl (C=O) groups is 1. The molecule has 1 aromatic rings. The Morgan fingerprint density at radius 2 is 2.12 bits per heavy atom. The van der Waals surface area contributed by atoms with Crippen LogP contribution in [0.4, 0.5) is 5.69 Å². The second kappa shape index (κ2) is 3.37. The van der Waals surface area contributed by atoms with Crippen LogP contribution in [-0.2, 0) is 0 Å². The van der Waals surface area contributed by atoms with E-state index >= 15 is 0 Å². The molecule has 7 nitrogen and oxygen atoms in total. The van der Waals surface area contributed by atoms with Crippen LogP contribution < -0.4 is 9.47 Å². The molecule has 0 saturated carbocycles. The van der Waals surface area contributed by atoms with E-state index < -0.39 is 16.4 Å². The molecule has 0 bridgehead atoms. The quantitative estimate of drug-likeness (QED) is 0.461. The van der Waals surface area contributed by atoms with Crippen molar-refractivity contribution < 1.29 is 24.3 Å². The van der Waals surface area contributed by atoms with Gasteiger partial charge in [-0.15, -0.1) is 0 Å². The SMILES string of the molecule is CC(=O)c1cc(O)c2c(c1[N+](=O)[O-])OCO2. The van der Waals surface area contributed by atoms with Gasteiger partial charge in [0.05, 0.1) is 4.92 Å². The van der Waals surface area contributed by atoms with Crippen molar-refractivity contribution in [2.24, 2.45) is 0 Å². The van der Waals surface area contributed by atoms with Crippen LogP contribution in [0.2, 0.25) is 0 Å². The zero-order valence-corrected chi connectivity index (χ0v) is 8.22. The molecule has 0 fully saturated rings. The molecule has 0 spiro atoms. The lowest BCUT2D eigenvalue weighted by atomic mass is 10.1. The van der Waals surface area contributed by atoms with Gasteiger partial charge < -0.3 is 14.6 Å². The second-order valence-electron chi connectivity index (χ2n) is 3.17. The third-order valence-electron chi connectivity index (χ3n) is 2.16. The number of aromatic hydroxyl groups is 1. The first-order valence-corrected chi connectivity index (χ1v) is 4.33. The molecule has 0 radical (unpaired) electrons. The van der Waals surface area contributed by atoms with Crippen LogP contribution in [0.15, 0.2) is 6.07 Å². The number of nitro benzene ring substituents is 1. The van der Waals surface area contributed by atoms with Crippen molar-refractivity contribution >= 4 is 11.5 Å². The molecule has 0 unspecified atom stereocenters. The number of phenols is 1. The average molecular weight is 225 g/mol. The molecule has 0 amide bonds. The fourth-order valence-electron chi connectivity index (χ4n) is 1.49. The molecule has 0 atom stereocenters. The van der Waals surface area contributed by atoms with Gasteiger partial charge in [0.25, 0.3) is 0 Å². The van der Waals surface area contributed by atoms with Crippen LogP contribution >= 0.6 is 0 Å². The third kappa shape index (κ3) is 1.33. The number of rotatable bonds is 2. The van der Waals surface area contributed by atoms with Crippen LogP contribution in [0.1, 0.15) is 17.3 Å². The molecule has 1 N–H and O–H groups in total. The molecule has 0 aliphatic carbocycles. The van der Waals surface area contributed by atoms with Gasteiger partial charge in [-0.25, -0.2) is 0 Å². The minimum Gasteiger partial charge on any atom is -0.504 e. The van der Waals surface area contributed by atoms with E-state index in [1.807, 2.05) is 0 Å². The Morgan fingerprint density at radius 1 is 1.50 bits per heavy atom. The highest BCUT2D eigenvalue weighted by Gasteiger charge is 2.34. The standard InChI is InChI=1S/C9H7NO6/c1-4(11)5-2-6(12)8-9(16-3-15-8)7(5)10(13)14/h2,12H,3H2,1H3. The number of Topliss-reactive ketones (excluding diaryl/α,β-unsaturated/α-hetero) is 1. The summed E-state index contributed by atoms with van der Waals surface area (Å²) in [6, 6.07) is 1.01. The van der Waals surface area contributed by atoms with Gasteiger partial charge in [0.2, 0.25) is 18.3 Å². The zero-order valence-electron chi connectivity index (χ0n) is 8.22. The van der Waals surface area contributed by atoms with Gasteiger partial charge in [0, 0.05) is 6.07 Å². The van der Waals surface area contributed by atoms with E-state index in [9.17, 15) is 20.0 Å². The van der Waals surface area contributed by atoms with E-state index in [1.54, 1.807) is 0 Å².